The number of furan rings is 1. The molecule has 55 heavy (non-hydrogen) atoms. The van der Waals surface area contributed by atoms with E-state index in [2.05, 4.69) is 194 Å². The first-order valence-electron chi connectivity index (χ1n) is 19.0. The molecule has 0 fully saturated rings. The van der Waals surface area contributed by atoms with E-state index in [0.717, 1.165) is 27.3 Å². The first-order chi connectivity index (χ1) is 27.3. The minimum atomic E-state index is 0.946. The Balaban J connectivity index is 0.989. The second kappa shape index (κ2) is 11.6. The van der Waals surface area contributed by atoms with Crippen molar-refractivity contribution in [2.24, 2.45) is 0 Å². The summed E-state index contributed by atoms with van der Waals surface area (Å²) in [5, 5.41) is 17.1. The lowest BCUT2D eigenvalue weighted by Crippen LogP contribution is -1.91. The third-order valence-corrected chi connectivity index (χ3v) is 11.8. The van der Waals surface area contributed by atoms with E-state index in [1.807, 2.05) is 0 Å². The highest BCUT2D eigenvalue weighted by molar-refractivity contribution is 6.32. The molecule has 11 aromatic carbocycles. The van der Waals surface area contributed by atoms with E-state index in [4.69, 9.17) is 4.42 Å². The van der Waals surface area contributed by atoms with E-state index in [1.54, 1.807) is 0 Å². The minimum Gasteiger partial charge on any atom is -0.455 e. The van der Waals surface area contributed by atoms with Gasteiger partial charge in [-0.05, 0) is 112 Å². The van der Waals surface area contributed by atoms with Crippen LogP contribution in [0, 0.1) is 0 Å². The van der Waals surface area contributed by atoms with Gasteiger partial charge in [0.25, 0.3) is 0 Å². The van der Waals surface area contributed by atoms with Crippen LogP contribution in [0.3, 0.4) is 0 Å². The number of rotatable bonds is 3. The Morgan fingerprint density at radius 1 is 0.236 bits per heavy atom. The molecule has 1 aromatic heterocycles. The molecule has 1 heteroatoms. The summed E-state index contributed by atoms with van der Waals surface area (Å²) in [4.78, 5) is 0. The van der Waals surface area contributed by atoms with Crippen molar-refractivity contribution >= 4 is 86.6 Å². The number of hydrogen-bond acceptors (Lipinski definition) is 1. The van der Waals surface area contributed by atoms with Gasteiger partial charge < -0.3 is 4.42 Å². The van der Waals surface area contributed by atoms with Crippen LogP contribution in [0.4, 0.5) is 0 Å². The predicted octanol–water partition coefficient (Wildman–Crippen LogP) is 15.5. The van der Waals surface area contributed by atoms with Gasteiger partial charge in [0, 0.05) is 21.5 Å². The molecule has 1 nitrogen and oxygen atoms in total. The van der Waals surface area contributed by atoms with Crippen molar-refractivity contribution < 1.29 is 4.42 Å². The average molecular weight is 697 g/mol. The van der Waals surface area contributed by atoms with Gasteiger partial charge in [0.15, 0.2) is 0 Å². The van der Waals surface area contributed by atoms with Gasteiger partial charge in [-0.2, -0.15) is 0 Å². The summed E-state index contributed by atoms with van der Waals surface area (Å²) in [6.07, 6.45) is 0. The maximum atomic E-state index is 6.82. The summed E-state index contributed by atoms with van der Waals surface area (Å²) < 4.78 is 6.82. The lowest BCUT2D eigenvalue weighted by atomic mass is 9.85. The van der Waals surface area contributed by atoms with Crippen LogP contribution in [-0.2, 0) is 0 Å². The topological polar surface area (TPSA) is 13.1 Å². The fourth-order valence-corrected chi connectivity index (χ4v) is 9.30. The molecule has 0 spiro atoms. The van der Waals surface area contributed by atoms with Crippen LogP contribution in [-0.4, -0.2) is 0 Å². The molecule has 0 amide bonds. The molecule has 0 saturated carbocycles. The largest absolute Gasteiger partial charge is 0.455 e. The highest BCUT2D eigenvalue weighted by Gasteiger charge is 2.19. The standard InChI is InChI=1S/C54H32O/c1-2-12-36-32-39(26-23-33(36)11-1)51-46-18-8-6-16-44(46)50(45-17-7-9-19-47(45)51)35-24-21-34(22-25-35)37-27-29-40-38(31-37)28-30-49-52-43-15-5-3-13-41(43)42-14-4-10-20-48(42)54(52)55-53(40)49/h1-32H. The Kier molecular flexibility index (Phi) is 6.40. The molecule has 0 atom stereocenters. The monoisotopic (exact) mass is 696 g/mol. The van der Waals surface area contributed by atoms with Crippen molar-refractivity contribution in [2.75, 3.05) is 0 Å². The summed E-state index contributed by atoms with van der Waals surface area (Å²) in [7, 11) is 0. The fourth-order valence-electron chi connectivity index (χ4n) is 9.30. The molecule has 0 N–H and O–H groups in total. The molecule has 254 valence electrons. The summed E-state index contributed by atoms with van der Waals surface area (Å²) in [6, 6.07) is 71.0. The van der Waals surface area contributed by atoms with Gasteiger partial charge in [0.05, 0.1) is 0 Å². The van der Waals surface area contributed by atoms with Crippen molar-refractivity contribution in [1.82, 2.24) is 0 Å². The van der Waals surface area contributed by atoms with Gasteiger partial charge in [-0.1, -0.05) is 170 Å². The quantitative estimate of drug-likeness (QED) is 0.132. The van der Waals surface area contributed by atoms with Crippen LogP contribution in [0.15, 0.2) is 199 Å². The molecule has 12 rings (SSSR count). The third kappa shape index (κ3) is 4.48. The van der Waals surface area contributed by atoms with E-state index >= 15 is 0 Å². The van der Waals surface area contributed by atoms with Crippen molar-refractivity contribution in [2.45, 2.75) is 0 Å². The molecular weight excluding hydrogens is 665 g/mol. The Labute approximate surface area is 317 Å². The summed E-state index contributed by atoms with van der Waals surface area (Å²) in [5.41, 5.74) is 9.29. The number of benzene rings is 11. The number of hydrogen-bond donors (Lipinski definition) is 0. The summed E-state index contributed by atoms with van der Waals surface area (Å²) in [5.74, 6) is 0. The van der Waals surface area contributed by atoms with Crippen LogP contribution in [0.2, 0.25) is 0 Å². The Hall–Kier alpha value is -7.22. The molecular formula is C54H32O. The average Bonchev–Trinajstić information content (AvgIpc) is 3.66. The van der Waals surface area contributed by atoms with Crippen molar-refractivity contribution in [3.8, 4) is 33.4 Å². The molecule has 0 aliphatic rings. The molecule has 0 saturated heterocycles. The van der Waals surface area contributed by atoms with Gasteiger partial charge in [-0.25, -0.2) is 0 Å². The lowest BCUT2D eigenvalue weighted by molar-refractivity contribution is 0.676. The molecule has 0 radical (unpaired) electrons. The fraction of sp³-hybridized carbons (Fsp3) is 0. The molecule has 1 heterocycles. The van der Waals surface area contributed by atoms with Gasteiger partial charge in [0.1, 0.15) is 11.2 Å². The SMILES string of the molecule is c1ccc2cc(-c3c4ccccc4c(-c4ccc(-c5ccc6c(ccc7c6oc6c8ccccc8c8ccccc8c76)c5)cc4)c4ccccc34)ccc2c1. The highest BCUT2D eigenvalue weighted by Crippen LogP contribution is 2.46. The van der Waals surface area contributed by atoms with Crippen LogP contribution >= 0.6 is 0 Å². The van der Waals surface area contributed by atoms with Crippen LogP contribution < -0.4 is 0 Å². The van der Waals surface area contributed by atoms with E-state index in [-0.39, 0.29) is 0 Å². The molecule has 0 unspecified atom stereocenters. The summed E-state index contributed by atoms with van der Waals surface area (Å²) >= 11 is 0. The maximum Gasteiger partial charge on any atom is 0.143 e. The minimum absolute atomic E-state index is 0.946. The highest BCUT2D eigenvalue weighted by atomic mass is 16.3. The molecule has 0 aliphatic carbocycles. The zero-order valence-electron chi connectivity index (χ0n) is 29.9. The predicted molar refractivity (Wildman–Crippen MR) is 235 cm³/mol. The van der Waals surface area contributed by atoms with Crippen LogP contribution in [0.5, 0.6) is 0 Å². The normalized spacial score (nSPS) is 12.0. The van der Waals surface area contributed by atoms with Gasteiger partial charge in [-0.3, -0.25) is 0 Å². The Morgan fingerprint density at radius 3 is 1.38 bits per heavy atom. The van der Waals surface area contributed by atoms with E-state index in [9.17, 15) is 0 Å². The first-order valence-corrected chi connectivity index (χ1v) is 19.0. The van der Waals surface area contributed by atoms with Crippen molar-refractivity contribution in [3.05, 3.63) is 194 Å². The Morgan fingerprint density at radius 2 is 0.691 bits per heavy atom. The first kappa shape index (κ1) is 30.3. The maximum absolute atomic E-state index is 6.82. The molecule has 0 aliphatic heterocycles. The summed E-state index contributed by atoms with van der Waals surface area (Å²) in [6.45, 7) is 0. The van der Waals surface area contributed by atoms with E-state index in [0.29, 0.717) is 0 Å². The van der Waals surface area contributed by atoms with E-state index in [1.165, 1.54) is 92.6 Å². The van der Waals surface area contributed by atoms with Crippen molar-refractivity contribution in [1.29, 1.82) is 0 Å². The molecule has 0 bridgehead atoms. The van der Waals surface area contributed by atoms with Gasteiger partial charge >= 0.3 is 0 Å². The third-order valence-electron chi connectivity index (χ3n) is 11.8. The zero-order chi connectivity index (χ0) is 36.0. The van der Waals surface area contributed by atoms with Gasteiger partial charge in [-0.15, -0.1) is 0 Å². The second-order valence-corrected chi connectivity index (χ2v) is 14.8. The van der Waals surface area contributed by atoms with Crippen LogP contribution in [0.1, 0.15) is 0 Å². The van der Waals surface area contributed by atoms with Gasteiger partial charge in [0.2, 0.25) is 0 Å². The van der Waals surface area contributed by atoms with E-state index < -0.39 is 0 Å². The smallest absolute Gasteiger partial charge is 0.143 e. The lowest BCUT2D eigenvalue weighted by Gasteiger charge is -2.18. The molecule has 12 aromatic rings. The zero-order valence-corrected chi connectivity index (χ0v) is 29.9. The second-order valence-electron chi connectivity index (χ2n) is 14.8. The van der Waals surface area contributed by atoms with Crippen LogP contribution in [0.25, 0.3) is 120 Å². The van der Waals surface area contributed by atoms with Crippen molar-refractivity contribution in [3.63, 3.8) is 0 Å². The Bertz CT molecular complexity index is 3470. The number of fused-ring (bicyclic) bond motifs is 13.